The second kappa shape index (κ2) is 5.50. The molecule has 0 bridgehead atoms. The zero-order chi connectivity index (χ0) is 8.65. The van der Waals surface area contributed by atoms with Gasteiger partial charge in [-0.25, -0.2) is 0 Å². The Hall–Kier alpha value is -1.14. The molecule has 0 aromatic heterocycles. The van der Waals surface area contributed by atoms with Crippen LogP contribution in [0.3, 0.4) is 0 Å². The van der Waals surface area contributed by atoms with E-state index < -0.39 is 0 Å². The smallest absolute Gasteiger partial charge is 0.176 e. The summed E-state index contributed by atoms with van der Waals surface area (Å²) in [4.78, 5) is 1.25. The van der Waals surface area contributed by atoms with Gasteiger partial charge in [0, 0.05) is 17.2 Å². The molecule has 12 heavy (non-hydrogen) atoms. The molecule has 62 valence electrons. The molecule has 0 fully saturated rings. The SMILES string of the molecule is N#CNCCSc1ccccc1. The molecule has 0 atom stereocenters. The lowest BCUT2D eigenvalue weighted by Gasteiger charge is -1.98. The number of hydrogen-bond acceptors (Lipinski definition) is 3. The molecule has 1 N–H and O–H groups in total. The molecule has 0 saturated heterocycles. The topological polar surface area (TPSA) is 35.8 Å². The standard InChI is InChI=1S/C9H10N2S/c10-8-11-6-7-12-9-4-2-1-3-5-9/h1-5,11H,6-7H2. The number of nitriles is 1. The third-order valence-corrected chi connectivity index (χ3v) is 2.33. The van der Waals surface area contributed by atoms with Crippen LogP contribution in [-0.2, 0) is 0 Å². The Balaban J connectivity index is 2.21. The van der Waals surface area contributed by atoms with Crippen LogP contribution in [0.5, 0.6) is 0 Å². The summed E-state index contributed by atoms with van der Waals surface area (Å²) in [5.74, 6) is 0.928. The van der Waals surface area contributed by atoms with E-state index in [0.29, 0.717) is 0 Å². The monoisotopic (exact) mass is 178 g/mol. The summed E-state index contributed by atoms with van der Waals surface area (Å²) in [7, 11) is 0. The molecule has 0 radical (unpaired) electrons. The maximum atomic E-state index is 8.19. The van der Waals surface area contributed by atoms with Crippen LogP contribution >= 0.6 is 11.8 Å². The van der Waals surface area contributed by atoms with Crippen LogP contribution in [0.4, 0.5) is 0 Å². The van der Waals surface area contributed by atoms with Gasteiger partial charge in [0.25, 0.3) is 0 Å². The molecule has 0 saturated carbocycles. The molecule has 1 rings (SSSR count). The van der Waals surface area contributed by atoms with Crippen LogP contribution in [-0.4, -0.2) is 12.3 Å². The third-order valence-electron chi connectivity index (χ3n) is 1.32. The summed E-state index contributed by atoms with van der Waals surface area (Å²) >= 11 is 1.75. The van der Waals surface area contributed by atoms with E-state index in [4.69, 9.17) is 5.26 Å². The number of nitrogens with one attached hydrogen (secondary N) is 1. The van der Waals surface area contributed by atoms with Gasteiger partial charge in [-0.3, -0.25) is 0 Å². The van der Waals surface area contributed by atoms with Crippen molar-refractivity contribution in [2.45, 2.75) is 4.90 Å². The predicted molar refractivity (Wildman–Crippen MR) is 50.8 cm³/mol. The van der Waals surface area contributed by atoms with E-state index in [-0.39, 0.29) is 0 Å². The van der Waals surface area contributed by atoms with Crippen LogP contribution in [0.2, 0.25) is 0 Å². The van der Waals surface area contributed by atoms with Gasteiger partial charge in [-0.1, -0.05) is 18.2 Å². The lowest BCUT2D eigenvalue weighted by Crippen LogP contribution is -2.08. The number of rotatable bonds is 4. The first kappa shape index (κ1) is 8.95. The zero-order valence-electron chi connectivity index (χ0n) is 6.66. The van der Waals surface area contributed by atoms with Gasteiger partial charge in [-0.2, -0.15) is 5.26 Å². The Kier molecular flexibility index (Phi) is 4.11. The second-order valence-electron chi connectivity index (χ2n) is 2.20. The van der Waals surface area contributed by atoms with E-state index in [0.717, 1.165) is 12.3 Å². The molecule has 0 aliphatic rings. The Morgan fingerprint density at radius 2 is 2.08 bits per heavy atom. The molecule has 1 aromatic carbocycles. The molecule has 3 heteroatoms. The van der Waals surface area contributed by atoms with E-state index >= 15 is 0 Å². The second-order valence-corrected chi connectivity index (χ2v) is 3.37. The fourth-order valence-electron chi connectivity index (χ4n) is 0.793. The van der Waals surface area contributed by atoms with Crippen molar-refractivity contribution in [3.05, 3.63) is 30.3 Å². The van der Waals surface area contributed by atoms with Crippen molar-refractivity contribution in [1.29, 1.82) is 5.26 Å². The van der Waals surface area contributed by atoms with Gasteiger partial charge in [-0.05, 0) is 12.1 Å². The molecule has 0 heterocycles. The van der Waals surface area contributed by atoms with Crippen molar-refractivity contribution in [1.82, 2.24) is 5.32 Å². The Labute approximate surface area is 76.6 Å². The number of hydrogen-bond donors (Lipinski definition) is 1. The van der Waals surface area contributed by atoms with Crippen LogP contribution in [0.25, 0.3) is 0 Å². The van der Waals surface area contributed by atoms with E-state index in [9.17, 15) is 0 Å². The van der Waals surface area contributed by atoms with Gasteiger partial charge in [-0.15, -0.1) is 11.8 Å². The van der Waals surface area contributed by atoms with E-state index in [2.05, 4.69) is 17.4 Å². The first-order valence-corrected chi connectivity index (χ1v) is 4.72. The zero-order valence-corrected chi connectivity index (χ0v) is 7.47. The summed E-state index contributed by atoms with van der Waals surface area (Å²) in [6.07, 6.45) is 1.89. The molecule has 0 aliphatic heterocycles. The molecule has 0 amide bonds. The fraction of sp³-hybridized carbons (Fsp3) is 0.222. The Morgan fingerprint density at radius 3 is 2.75 bits per heavy atom. The van der Waals surface area contributed by atoms with Gasteiger partial charge in [0.2, 0.25) is 0 Å². The van der Waals surface area contributed by atoms with Gasteiger partial charge >= 0.3 is 0 Å². The van der Waals surface area contributed by atoms with Gasteiger partial charge < -0.3 is 5.32 Å². The van der Waals surface area contributed by atoms with Crippen molar-refractivity contribution >= 4 is 11.8 Å². The Bertz CT molecular complexity index is 253. The van der Waals surface area contributed by atoms with E-state index in [1.54, 1.807) is 11.8 Å². The quantitative estimate of drug-likeness (QED) is 0.331. The average molecular weight is 178 g/mol. The maximum absolute atomic E-state index is 8.19. The lowest BCUT2D eigenvalue weighted by molar-refractivity contribution is 0.943. The molecule has 0 unspecified atom stereocenters. The lowest BCUT2D eigenvalue weighted by atomic mass is 10.4. The van der Waals surface area contributed by atoms with Crippen molar-refractivity contribution in [3.8, 4) is 6.19 Å². The molecule has 1 aromatic rings. The fourth-order valence-corrected chi connectivity index (χ4v) is 1.58. The minimum absolute atomic E-state index is 0.732. The summed E-state index contributed by atoms with van der Waals surface area (Å²) in [5.41, 5.74) is 0. The van der Waals surface area contributed by atoms with Crippen LogP contribution in [0, 0.1) is 11.5 Å². The normalized spacial score (nSPS) is 8.92. The molecular weight excluding hydrogens is 168 g/mol. The van der Waals surface area contributed by atoms with Gasteiger partial charge in [0.05, 0.1) is 0 Å². The average Bonchev–Trinajstić information content (AvgIpc) is 2.14. The van der Waals surface area contributed by atoms with Crippen molar-refractivity contribution in [3.63, 3.8) is 0 Å². The summed E-state index contributed by atoms with van der Waals surface area (Å²) in [6.45, 7) is 0.732. The van der Waals surface area contributed by atoms with E-state index in [1.807, 2.05) is 24.4 Å². The van der Waals surface area contributed by atoms with Crippen LogP contribution in [0.1, 0.15) is 0 Å². The maximum Gasteiger partial charge on any atom is 0.176 e. The van der Waals surface area contributed by atoms with Gasteiger partial charge in [0.1, 0.15) is 0 Å². The molecule has 2 nitrogen and oxygen atoms in total. The first-order chi connectivity index (χ1) is 5.93. The molecule has 0 aliphatic carbocycles. The summed E-state index contributed by atoms with van der Waals surface area (Å²) in [5, 5.41) is 10.8. The highest BCUT2D eigenvalue weighted by Gasteiger charge is 1.90. The van der Waals surface area contributed by atoms with Crippen molar-refractivity contribution in [2.75, 3.05) is 12.3 Å². The number of benzene rings is 1. The summed E-state index contributed by atoms with van der Waals surface area (Å²) in [6, 6.07) is 10.2. The van der Waals surface area contributed by atoms with E-state index in [1.165, 1.54) is 4.90 Å². The first-order valence-electron chi connectivity index (χ1n) is 3.73. The number of nitrogens with zero attached hydrogens (tertiary/aromatic N) is 1. The summed E-state index contributed by atoms with van der Waals surface area (Å²) < 4.78 is 0. The predicted octanol–water partition coefficient (Wildman–Crippen LogP) is 1.85. The Morgan fingerprint density at radius 1 is 1.33 bits per heavy atom. The van der Waals surface area contributed by atoms with Crippen LogP contribution in [0.15, 0.2) is 35.2 Å². The molecular formula is C9H10N2S. The van der Waals surface area contributed by atoms with Gasteiger partial charge in [0.15, 0.2) is 6.19 Å². The minimum Gasteiger partial charge on any atom is -0.323 e. The van der Waals surface area contributed by atoms with Crippen molar-refractivity contribution < 1.29 is 0 Å². The highest BCUT2D eigenvalue weighted by atomic mass is 32.2. The largest absolute Gasteiger partial charge is 0.323 e. The third kappa shape index (κ3) is 3.31. The number of thioether (sulfide) groups is 1. The highest BCUT2D eigenvalue weighted by Crippen LogP contribution is 2.15. The minimum atomic E-state index is 0.732. The van der Waals surface area contributed by atoms with Crippen LogP contribution < -0.4 is 5.32 Å². The highest BCUT2D eigenvalue weighted by molar-refractivity contribution is 7.99. The van der Waals surface area contributed by atoms with Crippen molar-refractivity contribution in [2.24, 2.45) is 0 Å². The molecule has 0 spiro atoms.